The monoisotopic (exact) mass is 332 g/mol. The van der Waals surface area contributed by atoms with Crippen LogP contribution < -0.4 is 4.74 Å². The van der Waals surface area contributed by atoms with Crippen molar-refractivity contribution in [2.45, 2.75) is 6.92 Å². The van der Waals surface area contributed by atoms with Gasteiger partial charge in [-0.25, -0.2) is 0 Å². The van der Waals surface area contributed by atoms with Gasteiger partial charge >= 0.3 is 0 Å². The maximum atomic E-state index is 12.0. The highest BCUT2D eigenvalue weighted by atomic mass is 79.9. The van der Waals surface area contributed by atoms with Crippen LogP contribution in [-0.2, 0) is 0 Å². The molecule has 0 aliphatic heterocycles. The zero-order valence-electron chi connectivity index (χ0n) is 10.9. The second kappa shape index (κ2) is 6.48. The number of benzene rings is 2. The number of carbonyl (C=O) groups is 2. The van der Waals surface area contributed by atoms with Gasteiger partial charge in [0.05, 0.1) is 5.56 Å². The molecule has 4 heteroatoms. The summed E-state index contributed by atoms with van der Waals surface area (Å²) in [5, 5.41) is 0. The zero-order valence-corrected chi connectivity index (χ0v) is 12.5. The van der Waals surface area contributed by atoms with E-state index in [0.29, 0.717) is 16.9 Å². The third kappa shape index (κ3) is 3.54. The lowest BCUT2D eigenvalue weighted by atomic mass is 10.1. The Morgan fingerprint density at radius 3 is 2.35 bits per heavy atom. The van der Waals surface area contributed by atoms with E-state index in [1.54, 1.807) is 48.5 Å². The van der Waals surface area contributed by atoms with Gasteiger partial charge in [-0.1, -0.05) is 40.2 Å². The molecule has 2 aromatic rings. The number of rotatable bonds is 5. The van der Waals surface area contributed by atoms with E-state index >= 15 is 0 Å². The molecule has 102 valence electrons. The molecule has 2 aromatic carbocycles. The minimum atomic E-state index is -0.129. The molecule has 2 rings (SSSR count). The van der Waals surface area contributed by atoms with Gasteiger partial charge in [0.1, 0.15) is 5.75 Å². The molecule has 0 radical (unpaired) electrons. The van der Waals surface area contributed by atoms with E-state index < -0.39 is 0 Å². The molecule has 0 saturated heterocycles. The lowest BCUT2D eigenvalue weighted by molar-refractivity contribution is 0.0913. The molecule has 0 saturated carbocycles. The average molecular weight is 333 g/mol. The van der Waals surface area contributed by atoms with Crippen molar-refractivity contribution < 1.29 is 14.3 Å². The molecule has 0 aliphatic carbocycles. The minimum Gasteiger partial charge on any atom is -0.485 e. The summed E-state index contributed by atoms with van der Waals surface area (Å²) in [6.07, 6.45) is 0. The van der Waals surface area contributed by atoms with E-state index in [9.17, 15) is 9.59 Å². The van der Waals surface area contributed by atoms with Crippen molar-refractivity contribution in [2.75, 3.05) is 6.61 Å². The van der Waals surface area contributed by atoms with Crippen molar-refractivity contribution in [3.8, 4) is 5.75 Å². The third-order valence-electron chi connectivity index (χ3n) is 2.79. The van der Waals surface area contributed by atoms with Crippen molar-refractivity contribution in [3.63, 3.8) is 0 Å². The average Bonchev–Trinajstić information content (AvgIpc) is 2.45. The van der Waals surface area contributed by atoms with E-state index in [0.717, 1.165) is 4.47 Å². The van der Waals surface area contributed by atoms with Crippen LogP contribution in [0.15, 0.2) is 53.0 Å². The summed E-state index contributed by atoms with van der Waals surface area (Å²) in [5.41, 5.74) is 1.06. The van der Waals surface area contributed by atoms with Gasteiger partial charge in [-0.2, -0.15) is 0 Å². The van der Waals surface area contributed by atoms with Crippen molar-refractivity contribution in [3.05, 3.63) is 64.1 Å². The molecule has 0 atom stereocenters. The smallest absolute Gasteiger partial charge is 0.200 e. The molecular formula is C16H13BrO3. The first kappa shape index (κ1) is 14.5. The number of halogens is 1. The largest absolute Gasteiger partial charge is 0.485 e. The number of Topliss-reactive ketones (excluding diaryl/α,β-unsaturated/α-hetero) is 2. The fraction of sp³-hybridized carbons (Fsp3) is 0.125. The maximum absolute atomic E-state index is 12.0. The van der Waals surface area contributed by atoms with Crippen LogP contribution in [0.3, 0.4) is 0 Å². The van der Waals surface area contributed by atoms with Crippen LogP contribution in [0.1, 0.15) is 27.6 Å². The summed E-state index contributed by atoms with van der Waals surface area (Å²) < 4.78 is 6.38. The standard InChI is InChI=1S/C16H13BrO3/c1-11(18)14-4-2-3-5-16(14)20-10-15(19)12-6-8-13(17)9-7-12/h2-9H,10H2,1H3. The molecule has 0 unspecified atom stereocenters. The molecule has 0 amide bonds. The predicted molar refractivity (Wildman–Crippen MR) is 80.4 cm³/mol. The summed E-state index contributed by atoms with van der Waals surface area (Å²) in [6, 6.07) is 14.0. The maximum Gasteiger partial charge on any atom is 0.200 e. The summed E-state index contributed by atoms with van der Waals surface area (Å²) in [7, 11) is 0. The number of hydrogen-bond donors (Lipinski definition) is 0. The van der Waals surface area contributed by atoms with Gasteiger partial charge in [-0.15, -0.1) is 0 Å². The van der Waals surface area contributed by atoms with E-state index in [1.165, 1.54) is 6.92 Å². The third-order valence-corrected chi connectivity index (χ3v) is 3.32. The molecular weight excluding hydrogens is 320 g/mol. The van der Waals surface area contributed by atoms with E-state index in [1.807, 2.05) is 0 Å². The molecule has 0 bridgehead atoms. The number of hydrogen-bond acceptors (Lipinski definition) is 3. The van der Waals surface area contributed by atoms with Crippen LogP contribution in [-0.4, -0.2) is 18.2 Å². The number of ketones is 2. The molecule has 0 spiro atoms. The normalized spacial score (nSPS) is 10.1. The van der Waals surface area contributed by atoms with Crippen molar-refractivity contribution >= 4 is 27.5 Å². The Kier molecular flexibility index (Phi) is 4.69. The van der Waals surface area contributed by atoms with E-state index in [4.69, 9.17) is 4.74 Å². The minimum absolute atomic E-state index is 0.0864. The quantitative estimate of drug-likeness (QED) is 0.779. The Balaban J connectivity index is 2.07. The molecule has 0 aliphatic rings. The van der Waals surface area contributed by atoms with Gasteiger partial charge in [-0.3, -0.25) is 9.59 Å². The summed E-state index contributed by atoms with van der Waals surface area (Å²) in [4.78, 5) is 23.4. The first-order valence-corrected chi connectivity index (χ1v) is 6.89. The van der Waals surface area contributed by atoms with Crippen molar-refractivity contribution in [1.29, 1.82) is 0 Å². The predicted octanol–water partition coefficient (Wildman–Crippen LogP) is 3.91. The van der Waals surface area contributed by atoms with Crippen LogP contribution >= 0.6 is 15.9 Å². The second-order valence-electron chi connectivity index (χ2n) is 4.27. The van der Waals surface area contributed by atoms with Crippen molar-refractivity contribution in [2.24, 2.45) is 0 Å². The van der Waals surface area contributed by atoms with Gasteiger partial charge in [0.15, 0.2) is 18.2 Å². The molecule has 0 N–H and O–H groups in total. The summed E-state index contributed by atoms with van der Waals surface area (Å²) in [5.74, 6) is 0.220. The lowest BCUT2D eigenvalue weighted by Crippen LogP contribution is -2.13. The SMILES string of the molecule is CC(=O)c1ccccc1OCC(=O)c1ccc(Br)cc1. The highest BCUT2D eigenvalue weighted by Crippen LogP contribution is 2.19. The highest BCUT2D eigenvalue weighted by molar-refractivity contribution is 9.10. The Labute approximate surface area is 125 Å². The van der Waals surface area contributed by atoms with Crippen LogP contribution in [0.5, 0.6) is 5.75 Å². The second-order valence-corrected chi connectivity index (χ2v) is 5.19. The molecule has 20 heavy (non-hydrogen) atoms. The van der Waals surface area contributed by atoms with Gasteiger partial charge in [0.2, 0.25) is 0 Å². The topological polar surface area (TPSA) is 43.4 Å². The summed E-state index contributed by atoms with van der Waals surface area (Å²) in [6.45, 7) is 1.38. The highest BCUT2D eigenvalue weighted by Gasteiger charge is 2.11. The Morgan fingerprint density at radius 2 is 1.70 bits per heavy atom. The van der Waals surface area contributed by atoms with E-state index in [2.05, 4.69) is 15.9 Å². The van der Waals surface area contributed by atoms with Gasteiger partial charge in [-0.05, 0) is 31.2 Å². The van der Waals surface area contributed by atoms with Crippen LogP contribution in [0.25, 0.3) is 0 Å². The number of ether oxygens (including phenoxy) is 1. The van der Waals surface area contributed by atoms with Crippen LogP contribution in [0.2, 0.25) is 0 Å². The van der Waals surface area contributed by atoms with Crippen LogP contribution in [0, 0.1) is 0 Å². The van der Waals surface area contributed by atoms with Gasteiger partial charge < -0.3 is 4.74 Å². The van der Waals surface area contributed by atoms with Gasteiger partial charge in [0.25, 0.3) is 0 Å². The first-order chi connectivity index (χ1) is 9.58. The Bertz CT molecular complexity index is 632. The molecule has 0 fully saturated rings. The molecule has 0 aromatic heterocycles. The van der Waals surface area contributed by atoms with Crippen LogP contribution in [0.4, 0.5) is 0 Å². The Morgan fingerprint density at radius 1 is 1.05 bits per heavy atom. The molecule has 0 heterocycles. The molecule has 3 nitrogen and oxygen atoms in total. The van der Waals surface area contributed by atoms with Crippen molar-refractivity contribution in [1.82, 2.24) is 0 Å². The van der Waals surface area contributed by atoms with Gasteiger partial charge in [0, 0.05) is 10.0 Å². The summed E-state index contributed by atoms with van der Waals surface area (Å²) >= 11 is 3.32. The zero-order chi connectivity index (χ0) is 14.5. The fourth-order valence-corrected chi connectivity index (χ4v) is 2.01. The fourth-order valence-electron chi connectivity index (χ4n) is 1.75. The number of para-hydroxylation sites is 1. The lowest BCUT2D eigenvalue weighted by Gasteiger charge is -2.09. The Hall–Kier alpha value is -1.94. The van der Waals surface area contributed by atoms with E-state index in [-0.39, 0.29) is 18.2 Å². The first-order valence-electron chi connectivity index (χ1n) is 6.09. The number of carbonyl (C=O) groups excluding carboxylic acids is 2.